The van der Waals surface area contributed by atoms with Gasteiger partial charge in [-0.2, -0.15) is 0 Å². The normalized spacial score (nSPS) is 14.9. The molecular formula is C15H20N2O4. The standard InChI is InChI=1S/C15H20N2O4/c1-12-4-2-3-5-13(12)21-10-14(18)16-6-7-17-8-9-20-11-15(17)19/h2-5H,6-11H2,1H3,(H,16,18). The maximum absolute atomic E-state index is 11.7. The highest BCUT2D eigenvalue weighted by molar-refractivity contribution is 5.79. The number of benzene rings is 1. The Labute approximate surface area is 124 Å². The number of ether oxygens (including phenoxy) is 2. The van der Waals surface area contributed by atoms with Crippen molar-refractivity contribution in [1.82, 2.24) is 10.2 Å². The molecule has 1 aliphatic rings. The average Bonchev–Trinajstić information content (AvgIpc) is 2.48. The van der Waals surface area contributed by atoms with Gasteiger partial charge >= 0.3 is 0 Å². The predicted molar refractivity (Wildman–Crippen MR) is 77.1 cm³/mol. The lowest BCUT2D eigenvalue weighted by molar-refractivity contribution is -0.142. The Balaban J connectivity index is 1.66. The number of hydrogen-bond donors (Lipinski definition) is 1. The van der Waals surface area contributed by atoms with Gasteiger partial charge in [0, 0.05) is 19.6 Å². The lowest BCUT2D eigenvalue weighted by Crippen LogP contribution is -2.45. The van der Waals surface area contributed by atoms with Gasteiger partial charge in [-0.05, 0) is 18.6 Å². The number of carbonyl (C=O) groups excluding carboxylic acids is 2. The lowest BCUT2D eigenvalue weighted by atomic mass is 10.2. The smallest absolute Gasteiger partial charge is 0.258 e. The maximum atomic E-state index is 11.7. The Bertz CT molecular complexity index is 504. The van der Waals surface area contributed by atoms with Gasteiger partial charge in [-0.3, -0.25) is 9.59 Å². The summed E-state index contributed by atoms with van der Waals surface area (Å²) in [5, 5.41) is 2.74. The van der Waals surface area contributed by atoms with Crippen LogP contribution in [0.4, 0.5) is 0 Å². The highest BCUT2D eigenvalue weighted by Gasteiger charge is 2.17. The van der Waals surface area contributed by atoms with Crippen molar-refractivity contribution in [1.29, 1.82) is 0 Å². The van der Waals surface area contributed by atoms with E-state index < -0.39 is 0 Å². The van der Waals surface area contributed by atoms with Gasteiger partial charge in [0.05, 0.1) is 6.61 Å². The summed E-state index contributed by atoms with van der Waals surface area (Å²) >= 11 is 0. The second-order valence-corrected chi connectivity index (χ2v) is 4.84. The summed E-state index contributed by atoms with van der Waals surface area (Å²) in [5.74, 6) is 0.474. The van der Waals surface area contributed by atoms with Crippen LogP contribution in [0.1, 0.15) is 5.56 Å². The Morgan fingerprint density at radius 3 is 3.00 bits per heavy atom. The van der Waals surface area contributed by atoms with E-state index in [0.717, 1.165) is 5.56 Å². The highest BCUT2D eigenvalue weighted by Crippen LogP contribution is 2.15. The molecule has 2 amide bonds. The Morgan fingerprint density at radius 2 is 2.24 bits per heavy atom. The molecule has 6 heteroatoms. The molecular weight excluding hydrogens is 272 g/mol. The van der Waals surface area contributed by atoms with Crippen molar-refractivity contribution in [3.8, 4) is 5.75 Å². The van der Waals surface area contributed by atoms with Crippen LogP contribution in [0.25, 0.3) is 0 Å². The summed E-state index contributed by atoms with van der Waals surface area (Å²) in [6, 6.07) is 7.54. The number of morpholine rings is 1. The molecule has 0 bridgehead atoms. The van der Waals surface area contributed by atoms with Gasteiger partial charge in [-0.15, -0.1) is 0 Å². The fourth-order valence-electron chi connectivity index (χ4n) is 2.03. The predicted octanol–water partition coefficient (Wildman–Crippen LogP) is 0.349. The number of carbonyl (C=O) groups is 2. The van der Waals surface area contributed by atoms with Gasteiger partial charge in [0.2, 0.25) is 5.91 Å². The van der Waals surface area contributed by atoms with E-state index in [1.54, 1.807) is 4.90 Å². The van der Waals surface area contributed by atoms with Crippen molar-refractivity contribution < 1.29 is 19.1 Å². The SMILES string of the molecule is Cc1ccccc1OCC(=O)NCCN1CCOCC1=O. The highest BCUT2D eigenvalue weighted by atomic mass is 16.5. The molecule has 0 saturated carbocycles. The van der Waals surface area contributed by atoms with Crippen molar-refractivity contribution in [2.45, 2.75) is 6.92 Å². The van der Waals surface area contributed by atoms with Crippen molar-refractivity contribution in [3.05, 3.63) is 29.8 Å². The van der Waals surface area contributed by atoms with E-state index in [1.807, 2.05) is 31.2 Å². The first-order chi connectivity index (χ1) is 10.2. The molecule has 0 radical (unpaired) electrons. The summed E-state index contributed by atoms with van der Waals surface area (Å²) in [4.78, 5) is 24.9. The summed E-state index contributed by atoms with van der Waals surface area (Å²) in [6.45, 7) is 4.08. The minimum absolute atomic E-state index is 0.0259. The van der Waals surface area contributed by atoms with E-state index in [1.165, 1.54) is 0 Å². The van der Waals surface area contributed by atoms with Gasteiger partial charge in [0.25, 0.3) is 5.91 Å². The average molecular weight is 292 g/mol. The maximum Gasteiger partial charge on any atom is 0.258 e. The van der Waals surface area contributed by atoms with Crippen molar-refractivity contribution in [2.75, 3.05) is 39.5 Å². The van der Waals surface area contributed by atoms with E-state index in [4.69, 9.17) is 9.47 Å². The first-order valence-corrected chi connectivity index (χ1v) is 6.97. The van der Waals surface area contributed by atoms with Gasteiger partial charge in [0.1, 0.15) is 12.4 Å². The van der Waals surface area contributed by atoms with Crippen LogP contribution in [0, 0.1) is 6.92 Å². The topological polar surface area (TPSA) is 67.9 Å². The molecule has 0 atom stereocenters. The molecule has 1 aliphatic heterocycles. The summed E-state index contributed by atoms with van der Waals surface area (Å²) in [5.41, 5.74) is 0.990. The van der Waals surface area contributed by atoms with Crippen molar-refractivity contribution in [3.63, 3.8) is 0 Å². The number of nitrogens with zero attached hydrogens (tertiary/aromatic N) is 1. The zero-order valence-corrected chi connectivity index (χ0v) is 12.1. The van der Waals surface area contributed by atoms with Gasteiger partial charge in [-0.1, -0.05) is 18.2 Å². The number of nitrogens with one attached hydrogen (secondary N) is 1. The van der Waals surface area contributed by atoms with E-state index in [0.29, 0.717) is 32.0 Å². The Hall–Kier alpha value is -2.08. The lowest BCUT2D eigenvalue weighted by Gasteiger charge is -2.26. The molecule has 114 valence electrons. The van der Waals surface area contributed by atoms with Crippen LogP contribution in [0.15, 0.2) is 24.3 Å². The molecule has 1 fully saturated rings. The van der Waals surface area contributed by atoms with Crippen LogP contribution in [0.5, 0.6) is 5.75 Å². The molecule has 0 unspecified atom stereocenters. The third-order valence-corrected chi connectivity index (χ3v) is 3.24. The molecule has 1 saturated heterocycles. The summed E-state index contributed by atoms with van der Waals surface area (Å²) < 4.78 is 10.5. The minimum Gasteiger partial charge on any atom is -0.484 e. The van der Waals surface area contributed by atoms with E-state index in [-0.39, 0.29) is 25.0 Å². The number of hydrogen-bond acceptors (Lipinski definition) is 4. The molecule has 21 heavy (non-hydrogen) atoms. The molecule has 1 heterocycles. The zero-order valence-electron chi connectivity index (χ0n) is 12.1. The minimum atomic E-state index is -0.195. The van der Waals surface area contributed by atoms with E-state index >= 15 is 0 Å². The molecule has 2 rings (SSSR count). The van der Waals surface area contributed by atoms with Gasteiger partial charge in [-0.25, -0.2) is 0 Å². The van der Waals surface area contributed by atoms with Gasteiger partial charge in [0.15, 0.2) is 6.61 Å². The van der Waals surface area contributed by atoms with Crippen LogP contribution in [-0.2, 0) is 14.3 Å². The molecule has 0 spiro atoms. The third kappa shape index (κ3) is 4.75. The fraction of sp³-hybridized carbons (Fsp3) is 0.467. The van der Waals surface area contributed by atoms with Crippen LogP contribution in [0.2, 0.25) is 0 Å². The van der Waals surface area contributed by atoms with Crippen molar-refractivity contribution in [2.24, 2.45) is 0 Å². The quantitative estimate of drug-likeness (QED) is 0.821. The van der Waals surface area contributed by atoms with Crippen LogP contribution < -0.4 is 10.1 Å². The van der Waals surface area contributed by atoms with Gasteiger partial charge < -0.3 is 19.7 Å². The zero-order chi connectivity index (χ0) is 15.1. The summed E-state index contributed by atoms with van der Waals surface area (Å²) in [6.07, 6.45) is 0. The largest absolute Gasteiger partial charge is 0.484 e. The monoisotopic (exact) mass is 292 g/mol. The van der Waals surface area contributed by atoms with Crippen LogP contribution in [-0.4, -0.2) is 56.2 Å². The van der Waals surface area contributed by atoms with Crippen molar-refractivity contribution >= 4 is 11.8 Å². The second-order valence-electron chi connectivity index (χ2n) is 4.84. The number of aryl methyl sites for hydroxylation is 1. The molecule has 0 aliphatic carbocycles. The first kappa shape index (κ1) is 15.3. The Morgan fingerprint density at radius 1 is 1.43 bits per heavy atom. The third-order valence-electron chi connectivity index (χ3n) is 3.24. The van der Waals surface area contributed by atoms with E-state index in [9.17, 15) is 9.59 Å². The molecule has 1 aromatic carbocycles. The molecule has 6 nitrogen and oxygen atoms in total. The second kappa shape index (κ2) is 7.64. The number of amides is 2. The van der Waals surface area contributed by atoms with E-state index in [2.05, 4.69) is 5.32 Å². The fourth-order valence-corrected chi connectivity index (χ4v) is 2.03. The Kier molecular flexibility index (Phi) is 5.57. The summed E-state index contributed by atoms with van der Waals surface area (Å²) in [7, 11) is 0. The van der Waals surface area contributed by atoms with Crippen LogP contribution >= 0.6 is 0 Å². The molecule has 0 aromatic heterocycles. The molecule has 1 N–H and O–H groups in total. The first-order valence-electron chi connectivity index (χ1n) is 6.97. The number of rotatable bonds is 6. The molecule has 1 aromatic rings. The number of para-hydroxylation sites is 1. The van der Waals surface area contributed by atoms with Crippen LogP contribution in [0.3, 0.4) is 0 Å².